The van der Waals surface area contributed by atoms with Crippen molar-refractivity contribution < 1.29 is 50.2 Å². The molecule has 43 heavy (non-hydrogen) atoms. The summed E-state index contributed by atoms with van der Waals surface area (Å²) in [5, 5.41) is 7.72. The van der Waals surface area contributed by atoms with Gasteiger partial charge >= 0.3 is 24.5 Å². The van der Waals surface area contributed by atoms with Crippen molar-refractivity contribution in [3.05, 3.63) is 33.8 Å². The first kappa shape index (κ1) is 42.8. The van der Waals surface area contributed by atoms with Gasteiger partial charge in [0.25, 0.3) is 5.91 Å². The van der Waals surface area contributed by atoms with Crippen LogP contribution in [0.4, 0.5) is 35.9 Å². The van der Waals surface area contributed by atoms with Crippen LogP contribution in [0.3, 0.4) is 0 Å². The van der Waals surface area contributed by atoms with Gasteiger partial charge < -0.3 is 31.2 Å². The minimum atomic E-state index is -4.61. The molecular weight excluding hydrogens is 657 g/mol. The lowest BCUT2D eigenvalue weighted by Gasteiger charge is -2.21. The summed E-state index contributed by atoms with van der Waals surface area (Å²) >= 11 is 11.7. The Bertz CT molecular complexity index is 1000. The Hall–Kier alpha value is -2.36. The van der Waals surface area contributed by atoms with Gasteiger partial charge in [-0.3, -0.25) is 4.79 Å². The molecule has 0 aliphatic heterocycles. The maximum absolute atomic E-state index is 12.2. The topological polar surface area (TPSA) is 132 Å². The zero-order valence-corrected chi connectivity index (χ0v) is 26.2. The van der Waals surface area contributed by atoms with Crippen molar-refractivity contribution in [1.29, 1.82) is 0 Å². The van der Waals surface area contributed by atoms with Crippen LogP contribution in [0.15, 0.2) is 18.2 Å². The number of amides is 3. The molecule has 0 aliphatic rings. The number of rotatable bonds is 12. The van der Waals surface area contributed by atoms with Crippen LogP contribution in [-0.2, 0) is 9.47 Å². The number of nitrogens with one attached hydrogen (secondary N) is 3. The number of benzene rings is 1. The minimum Gasteiger partial charge on any atom is -0.440 e. The normalized spacial score (nSPS) is 12.7. The maximum Gasteiger partial charge on any atom is 0.422 e. The Morgan fingerprint density at radius 2 is 1.28 bits per heavy atom. The fourth-order valence-electron chi connectivity index (χ4n) is 3.24. The molecule has 1 aromatic rings. The Kier molecular flexibility index (Phi) is 20.5. The second-order valence-corrected chi connectivity index (χ2v) is 10.7. The molecule has 0 spiro atoms. The highest BCUT2D eigenvalue weighted by Crippen LogP contribution is 2.21. The molecule has 0 aliphatic carbocycles. The zero-order valence-electron chi connectivity index (χ0n) is 23.8. The van der Waals surface area contributed by atoms with E-state index in [9.17, 15) is 40.7 Å². The van der Waals surface area contributed by atoms with E-state index in [1.54, 1.807) is 0 Å². The van der Waals surface area contributed by atoms with E-state index in [4.69, 9.17) is 28.9 Å². The zero-order chi connectivity index (χ0) is 32.7. The number of carbonyl (C=O) groups is 3. The van der Waals surface area contributed by atoms with Crippen LogP contribution < -0.4 is 21.7 Å². The van der Waals surface area contributed by atoms with Gasteiger partial charge in [-0.15, -0.1) is 12.4 Å². The monoisotopic (exact) mass is 692 g/mol. The summed E-state index contributed by atoms with van der Waals surface area (Å²) < 4.78 is 79.5. The van der Waals surface area contributed by atoms with Crippen molar-refractivity contribution in [2.24, 2.45) is 17.6 Å². The third kappa shape index (κ3) is 22.8. The number of ether oxygens (including phenoxy) is 2. The summed E-state index contributed by atoms with van der Waals surface area (Å²) in [5.41, 5.74) is 5.55. The Morgan fingerprint density at radius 3 is 1.67 bits per heavy atom. The van der Waals surface area contributed by atoms with Gasteiger partial charge in [0.15, 0.2) is 13.2 Å². The van der Waals surface area contributed by atoms with Crippen molar-refractivity contribution in [3.8, 4) is 0 Å². The van der Waals surface area contributed by atoms with Gasteiger partial charge in [-0.1, -0.05) is 50.9 Å². The van der Waals surface area contributed by atoms with Crippen LogP contribution in [0.5, 0.6) is 0 Å². The quantitative estimate of drug-likeness (QED) is 0.185. The summed E-state index contributed by atoms with van der Waals surface area (Å²) in [6.45, 7) is 4.48. The van der Waals surface area contributed by atoms with E-state index in [2.05, 4.69) is 25.4 Å². The fourth-order valence-corrected chi connectivity index (χ4v) is 3.74. The van der Waals surface area contributed by atoms with Gasteiger partial charge in [-0.25, -0.2) is 9.59 Å². The molecule has 250 valence electrons. The highest BCUT2D eigenvalue weighted by atomic mass is 35.5. The van der Waals surface area contributed by atoms with Crippen molar-refractivity contribution in [2.45, 2.75) is 65.0 Å². The van der Waals surface area contributed by atoms with E-state index in [0.29, 0.717) is 17.9 Å². The standard InChI is InChI=1S/C16H19Cl2F3N2O3.C9H17F3N2O2.ClH/c1-9(2)5-11(23-15(25)26-8-16(19,20)21)7-22-14(24)12-4-3-10(17)6-13(12)18;1-6(2)3-7(4-13)14-8(15)16-5-9(10,11)12;/h3-4,6,9,11H,5,7-8H2,1-2H3,(H,22,24)(H,23,25);6-7H,3-5,13H2,1-2H3,(H,14,15);1H/t11-;7-;/m00./s1. The lowest BCUT2D eigenvalue weighted by molar-refractivity contribution is -0.160. The molecule has 0 saturated carbocycles. The van der Waals surface area contributed by atoms with Gasteiger partial charge in [0.05, 0.1) is 10.6 Å². The lowest BCUT2D eigenvalue weighted by atomic mass is 10.0. The van der Waals surface area contributed by atoms with Crippen molar-refractivity contribution in [1.82, 2.24) is 16.0 Å². The predicted octanol–water partition coefficient (Wildman–Crippen LogP) is 6.50. The van der Waals surface area contributed by atoms with Gasteiger partial charge in [0.1, 0.15) is 0 Å². The maximum atomic E-state index is 12.2. The molecule has 0 fully saturated rings. The first-order valence-electron chi connectivity index (χ1n) is 12.7. The number of nitrogens with two attached hydrogens (primary N) is 1. The molecule has 9 nitrogen and oxygen atoms in total. The second-order valence-electron chi connectivity index (χ2n) is 9.89. The average molecular weight is 694 g/mol. The Labute approximate surface area is 262 Å². The SMILES string of the molecule is CC(C)C[C@@H](CN)NC(=O)OCC(F)(F)F.CC(C)C[C@@H](CNC(=O)c1ccc(Cl)cc1Cl)NC(=O)OCC(F)(F)F.Cl. The van der Waals surface area contributed by atoms with E-state index in [1.165, 1.54) is 18.2 Å². The highest BCUT2D eigenvalue weighted by molar-refractivity contribution is 6.36. The summed E-state index contributed by atoms with van der Waals surface area (Å²) in [6.07, 6.45) is -10.4. The predicted molar refractivity (Wildman–Crippen MR) is 153 cm³/mol. The molecule has 0 unspecified atom stereocenters. The van der Waals surface area contributed by atoms with Gasteiger partial charge in [0.2, 0.25) is 0 Å². The van der Waals surface area contributed by atoms with Crippen LogP contribution in [0, 0.1) is 11.8 Å². The molecule has 0 heterocycles. The van der Waals surface area contributed by atoms with Crippen LogP contribution in [0.2, 0.25) is 10.0 Å². The molecule has 0 radical (unpaired) electrons. The van der Waals surface area contributed by atoms with E-state index >= 15 is 0 Å². The second kappa shape index (κ2) is 20.6. The largest absolute Gasteiger partial charge is 0.440 e. The van der Waals surface area contributed by atoms with Gasteiger partial charge in [-0.2, -0.15) is 26.3 Å². The molecule has 18 heteroatoms. The minimum absolute atomic E-state index is 0. The van der Waals surface area contributed by atoms with E-state index < -0.39 is 49.7 Å². The van der Waals surface area contributed by atoms with Crippen molar-refractivity contribution >= 4 is 53.7 Å². The summed E-state index contributed by atoms with van der Waals surface area (Å²) in [4.78, 5) is 34.6. The number of alkyl halides is 6. The van der Waals surface area contributed by atoms with Gasteiger partial charge in [-0.05, 0) is 42.9 Å². The summed E-state index contributed by atoms with van der Waals surface area (Å²) in [6, 6.07) is 3.39. The number of carbonyl (C=O) groups excluding carboxylic acids is 3. The molecule has 5 N–H and O–H groups in total. The van der Waals surface area contributed by atoms with E-state index in [-0.39, 0.29) is 54.0 Å². The first-order chi connectivity index (χ1) is 19.2. The van der Waals surface area contributed by atoms with Crippen LogP contribution in [0.1, 0.15) is 50.9 Å². The number of alkyl carbamates (subject to hydrolysis) is 2. The van der Waals surface area contributed by atoms with Crippen molar-refractivity contribution in [3.63, 3.8) is 0 Å². The van der Waals surface area contributed by atoms with E-state index in [1.807, 2.05) is 27.7 Å². The first-order valence-corrected chi connectivity index (χ1v) is 13.4. The van der Waals surface area contributed by atoms with Crippen LogP contribution in [-0.4, -0.2) is 68.8 Å². The van der Waals surface area contributed by atoms with E-state index in [0.717, 1.165) is 0 Å². The third-order valence-electron chi connectivity index (χ3n) is 4.86. The summed E-state index contributed by atoms with van der Waals surface area (Å²) in [7, 11) is 0. The number of hydrogen-bond acceptors (Lipinski definition) is 6. The van der Waals surface area contributed by atoms with Gasteiger partial charge in [0, 0.05) is 30.2 Å². The molecule has 0 saturated heterocycles. The molecule has 3 amide bonds. The molecule has 0 bridgehead atoms. The van der Waals surface area contributed by atoms with Crippen molar-refractivity contribution in [2.75, 3.05) is 26.3 Å². The lowest BCUT2D eigenvalue weighted by Crippen LogP contribution is -2.45. The molecular formula is C25H37Cl3F6N4O5. The molecule has 1 rings (SSSR count). The van der Waals surface area contributed by atoms with Crippen LogP contribution >= 0.6 is 35.6 Å². The number of hydrogen-bond donors (Lipinski definition) is 4. The molecule has 1 aromatic carbocycles. The van der Waals surface area contributed by atoms with Crippen LogP contribution in [0.25, 0.3) is 0 Å². The Balaban J connectivity index is 0. The smallest absolute Gasteiger partial charge is 0.422 e. The summed E-state index contributed by atoms with van der Waals surface area (Å²) in [5.74, 6) is -0.0821. The molecule has 2 atom stereocenters. The highest BCUT2D eigenvalue weighted by Gasteiger charge is 2.31. The fraction of sp³-hybridized carbons (Fsp3) is 0.640. The third-order valence-corrected chi connectivity index (χ3v) is 5.41. The number of halogens is 9. The molecule has 0 aromatic heterocycles. The Morgan fingerprint density at radius 1 is 0.837 bits per heavy atom. The average Bonchev–Trinajstić information content (AvgIpc) is 2.83.